The monoisotopic (exact) mass is 342 g/mol. The van der Waals surface area contributed by atoms with Gasteiger partial charge in [-0.1, -0.05) is 12.1 Å². The molecule has 4 rings (SSSR count). The SMILES string of the molecule is Fc1ccc(CN2CCO[C@@]3(CCCN(c4cnccn4)C3)C2)cc1. The summed E-state index contributed by atoms with van der Waals surface area (Å²) in [5.74, 6) is 0.731. The van der Waals surface area contributed by atoms with Crippen molar-refractivity contribution in [2.75, 3.05) is 37.7 Å². The molecule has 0 N–H and O–H groups in total. The Kier molecular flexibility index (Phi) is 4.63. The van der Waals surface area contributed by atoms with Gasteiger partial charge in [-0.05, 0) is 30.5 Å². The number of halogens is 1. The summed E-state index contributed by atoms with van der Waals surface area (Å²) in [5.41, 5.74) is 0.980. The summed E-state index contributed by atoms with van der Waals surface area (Å²) in [6, 6.07) is 6.79. The molecule has 25 heavy (non-hydrogen) atoms. The number of morpholine rings is 1. The van der Waals surface area contributed by atoms with E-state index in [-0.39, 0.29) is 11.4 Å². The standard InChI is InChI=1S/C19H23FN4O/c20-17-4-2-16(3-5-17)13-23-10-11-25-19(14-23)6-1-9-24(15-19)18-12-21-7-8-22-18/h2-5,7-8,12H,1,6,9-11,13-15H2/t19-/m0/s1. The van der Waals surface area contributed by atoms with Crippen molar-refractivity contribution in [3.8, 4) is 0 Å². The number of ether oxygens (including phenoxy) is 1. The van der Waals surface area contributed by atoms with Crippen molar-refractivity contribution in [2.45, 2.75) is 25.0 Å². The first-order valence-electron chi connectivity index (χ1n) is 8.84. The lowest BCUT2D eigenvalue weighted by atomic mass is 9.90. The maximum atomic E-state index is 13.1. The first-order chi connectivity index (χ1) is 12.2. The molecule has 132 valence electrons. The molecule has 2 fully saturated rings. The zero-order valence-electron chi connectivity index (χ0n) is 14.3. The Labute approximate surface area is 147 Å². The van der Waals surface area contributed by atoms with Crippen LogP contribution in [0.15, 0.2) is 42.9 Å². The zero-order chi connectivity index (χ0) is 17.1. The van der Waals surface area contributed by atoms with Gasteiger partial charge in [0.1, 0.15) is 11.6 Å². The Morgan fingerprint density at radius 3 is 2.80 bits per heavy atom. The van der Waals surface area contributed by atoms with Crippen LogP contribution in [0, 0.1) is 5.82 Å². The molecule has 0 radical (unpaired) electrons. The van der Waals surface area contributed by atoms with Crippen LogP contribution in [0.25, 0.3) is 0 Å². The van der Waals surface area contributed by atoms with Crippen molar-refractivity contribution in [1.29, 1.82) is 0 Å². The van der Waals surface area contributed by atoms with Crippen molar-refractivity contribution in [3.63, 3.8) is 0 Å². The molecule has 1 aromatic heterocycles. The molecular weight excluding hydrogens is 319 g/mol. The van der Waals surface area contributed by atoms with E-state index in [1.54, 1.807) is 12.4 Å². The number of piperidine rings is 1. The molecule has 0 bridgehead atoms. The normalized spacial score (nSPS) is 24.6. The van der Waals surface area contributed by atoms with Crippen LogP contribution in [0.2, 0.25) is 0 Å². The van der Waals surface area contributed by atoms with Gasteiger partial charge < -0.3 is 9.64 Å². The van der Waals surface area contributed by atoms with Gasteiger partial charge >= 0.3 is 0 Å². The number of anilines is 1. The van der Waals surface area contributed by atoms with Gasteiger partial charge in [-0.2, -0.15) is 0 Å². The van der Waals surface area contributed by atoms with Crippen molar-refractivity contribution < 1.29 is 9.13 Å². The summed E-state index contributed by atoms with van der Waals surface area (Å²) < 4.78 is 19.4. The van der Waals surface area contributed by atoms with E-state index in [0.717, 1.165) is 63.6 Å². The zero-order valence-corrected chi connectivity index (χ0v) is 14.3. The second-order valence-corrected chi connectivity index (χ2v) is 6.96. The van der Waals surface area contributed by atoms with Crippen molar-refractivity contribution >= 4 is 5.82 Å². The molecule has 1 spiro atoms. The number of nitrogens with zero attached hydrogens (tertiary/aromatic N) is 4. The Morgan fingerprint density at radius 1 is 1.12 bits per heavy atom. The minimum absolute atomic E-state index is 0.159. The predicted molar refractivity (Wildman–Crippen MR) is 93.8 cm³/mol. The number of rotatable bonds is 3. The molecule has 2 saturated heterocycles. The summed E-state index contributed by atoms with van der Waals surface area (Å²) in [6.07, 6.45) is 7.40. The smallest absolute Gasteiger partial charge is 0.147 e. The van der Waals surface area contributed by atoms with E-state index in [1.807, 2.05) is 18.3 Å². The van der Waals surface area contributed by atoms with E-state index in [2.05, 4.69) is 19.8 Å². The number of aromatic nitrogens is 2. The maximum Gasteiger partial charge on any atom is 0.147 e. The Balaban J connectivity index is 1.45. The highest BCUT2D eigenvalue weighted by molar-refractivity contribution is 5.37. The lowest BCUT2D eigenvalue weighted by Gasteiger charge is -2.48. The second-order valence-electron chi connectivity index (χ2n) is 6.96. The van der Waals surface area contributed by atoms with Crippen LogP contribution in [0.4, 0.5) is 10.2 Å². The van der Waals surface area contributed by atoms with Crippen molar-refractivity contribution in [1.82, 2.24) is 14.9 Å². The van der Waals surface area contributed by atoms with Gasteiger partial charge in [-0.25, -0.2) is 9.37 Å². The molecule has 0 aliphatic carbocycles. The van der Waals surface area contributed by atoms with Crippen molar-refractivity contribution in [2.24, 2.45) is 0 Å². The molecule has 2 aliphatic rings. The molecule has 0 amide bonds. The molecule has 5 nitrogen and oxygen atoms in total. The molecule has 2 aliphatic heterocycles. The van der Waals surface area contributed by atoms with E-state index in [9.17, 15) is 4.39 Å². The molecule has 1 atom stereocenters. The Bertz CT molecular complexity index is 692. The second kappa shape index (κ2) is 7.06. The average Bonchev–Trinajstić information content (AvgIpc) is 2.65. The lowest BCUT2D eigenvalue weighted by Crippen LogP contribution is -2.59. The molecule has 2 aromatic rings. The Morgan fingerprint density at radius 2 is 2.00 bits per heavy atom. The summed E-state index contributed by atoms with van der Waals surface area (Å²) in [4.78, 5) is 13.3. The number of benzene rings is 1. The molecule has 6 heteroatoms. The molecular formula is C19H23FN4O. The first kappa shape index (κ1) is 16.4. The largest absolute Gasteiger partial charge is 0.370 e. The Hall–Kier alpha value is -2.05. The van der Waals surface area contributed by atoms with E-state index >= 15 is 0 Å². The van der Waals surface area contributed by atoms with Gasteiger partial charge in [0.15, 0.2) is 0 Å². The quantitative estimate of drug-likeness (QED) is 0.857. The predicted octanol–water partition coefficient (Wildman–Crippen LogP) is 2.49. The van der Waals surface area contributed by atoms with Gasteiger partial charge in [-0.15, -0.1) is 0 Å². The van der Waals surface area contributed by atoms with Crippen LogP contribution >= 0.6 is 0 Å². The van der Waals surface area contributed by atoms with Crippen LogP contribution < -0.4 is 4.90 Å². The summed E-state index contributed by atoms with van der Waals surface area (Å²) in [5, 5.41) is 0. The van der Waals surface area contributed by atoms with Gasteiger partial charge in [0, 0.05) is 45.1 Å². The van der Waals surface area contributed by atoms with Crippen LogP contribution in [-0.2, 0) is 11.3 Å². The average molecular weight is 342 g/mol. The van der Waals surface area contributed by atoms with Crippen LogP contribution in [0.3, 0.4) is 0 Å². The summed E-state index contributed by atoms with van der Waals surface area (Å²) in [6.45, 7) is 5.19. The van der Waals surface area contributed by atoms with E-state index in [0.29, 0.717) is 0 Å². The topological polar surface area (TPSA) is 41.5 Å². The first-order valence-corrected chi connectivity index (χ1v) is 8.84. The van der Waals surface area contributed by atoms with Gasteiger partial charge in [0.25, 0.3) is 0 Å². The fraction of sp³-hybridized carbons (Fsp3) is 0.474. The fourth-order valence-corrected chi connectivity index (χ4v) is 3.90. The minimum atomic E-state index is -0.186. The maximum absolute atomic E-state index is 13.1. The third-order valence-electron chi connectivity index (χ3n) is 5.06. The highest BCUT2D eigenvalue weighted by atomic mass is 19.1. The third-order valence-corrected chi connectivity index (χ3v) is 5.06. The van der Waals surface area contributed by atoms with E-state index < -0.39 is 0 Å². The molecule has 3 heterocycles. The fourth-order valence-electron chi connectivity index (χ4n) is 3.90. The van der Waals surface area contributed by atoms with Crippen LogP contribution in [0.1, 0.15) is 18.4 Å². The third kappa shape index (κ3) is 3.80. The molecule has 0 saturated carbocycles. The highest BCUT2D eigenvalue weighted by Crippen LogP contribution is 2.31. The molecule has 0 unspecified atom stereocenters. The van der Waals surface area contributed by atoms with E-state index in [1.165, 1.54) is 12.1 Å². The van der Waals surface area contributed by atoms with Gasteiger partial charge in [0.2, 0.25) is 0 Å². The summed E-state index contributed by atoms with van der Waals surface area (Å²) >= 11 is 0. The number of hydrogen-bond donors (Lipinski definition) is 0. The van der Waals surface area contributed by atoms with Crippen molar-refractivity contribution in [3.05, 3.63) is 54.2 Å². The van der Waals surface area contributed by atoms with Crippen LogP contribution in [-0.4, -0.2) is 53.3 Å². The van der Waals surface area contributed by atoms with E-state index in [4.69, 9.17) is 4.74 Å². The summed E-state index contributed by atoms with van der Waals surface area (Å²) in [7, 11) is 0. The van der Waals surface area contributed by atoms with Gasteiger partial charge in [0.05, 0.1) is 18.4 Å². The number of hydrogen-bond acceptors (Lipinski definition) is 5. The highest BCUT2D eigenvalue weighted by Gasteiger charge is 2.40. The van der Waals surface area contributed by atoms with Crippen LogP contribution in [0.5, 0.6) is 0 Å². The molecule has 1 aromatic carbocycles. The lowest BCUT2D eigenvalue weighted by molar-refractivity contribution is -0.116. The minimum Gasteiger partial charge on any atom is -0.370 e. The van der Waals surface area contributed by atoms with Gasteiger partial charge in [-0.3, -0.25) is 9.88 Å².